The third-order valence-corrected chi connectivity index (χ3v) is 8.53. The molecule has 0 radical (unpaired) electrons. The SMILES string of the molecule is C[C@@H]1Cn2cncc2CN1c1nc(O[C@@H]2CCN(C)C2)nc2c1CCN(c1cccc3cccc(Cl)c13)C2. The van der Waals surface area contributed by atoms with Crippen LogP contribution in [0.15, 0.2) is 48.9 Å². The predicted molar refractivity (Wildman–Crippen MR) is 150 cm³/mol. The van der Waals surface area contributed by atoms with Crippen LogP contribution in [0.25, 0.3) is 10.8 Å². The standard InChI is InChI=1S/C29H32ClN7O/c1-19-14-36-18-31-13-21(36)15-37(19)28-23-10-12-35(26-8-4-6-20-5-3-7-24(30)27(20)26)17-25(23)32-29(33-28)38-22-9-11-34(2)16-22/h3-8,13,18-19,22H,9-12,14-17H2,1-2H3/t19-,22-/m1/s1. The highest BCUT2D eigenvalue weighted by molar-refractivity contribution is 6.36. The van der Waals surface area contributed by atoms with Crippen LogP contribution in [0.5, 0.6) is 6.01 Å². The lowest BCUT2D eigenvalue weighted by atomic mass is 10.0. The van der Waals surface area contributed by atoms with Gasteiger partial charge in [0, 0.05) is 55.1 Å². The van der Waals surface area contributed by atoms with E-state index < -0.39 is 0 Å². The number of fused-ring (bicyclic) bond motifs is 3. The fourth-order valence-electron chi connectivity index (χ4n) is 6.21. The molecular weight excluding hydrogens is 498 g/mol. The average molecular weight is 530 g/mol. The summed E-state index contributed by atoms with van der Waals surface area (Å²) in [6, 6.07) is 13.3. The van der Waals surface area contributed by atoms with Crippen LogP contribution in [-0.2, 0) is 26.1 Å². The first-order valence-electron chi connectivity index (χ1n) is 13.5. The lowest BCUT2D eigenvalue weighted by Gasteiger charge is -2.38. The van der Waals surface area contributed by atoms with Gasteiger partial charge >= 0.3 is 6.01 Å². The zero-order valence-corrected chi connectivity index (χ0v) is 22.6. The van der Waals surface area contributed by atoms with Crippen molar-refractivity contribution in [1.82, 2.24) is 24.4 Å². The number of anilines is 2. The molecule has 3 aliphatic rings. The van der Waals surface area contributed by atoms with Crippen LogP contribution in [0.3, 0.4) is 0 Å². The van der Waals surface area contributed by atoms with Crippen LogP contribution >= 0.6 is 11.6 Å². The third-order valence-electron chi connectivity index (χ3n) is 8.21. The first-order chi connectivity index (χ1) is 18.5. The molecule has 8 nitrogen and oxygen atoms in total. The van der Waals surface area contributed by atoms with Crippen molar-refractivity contribution >= 4 is 33.9 Å². The minimum atomic E-state index is 0.114. The van der Waals surface area contributed by atoms with Crippen molar-refractivity contribution in [3.05, 3.63) is 70.9 Å². The normalized spacial score (nSPS) is 21.6. The van der Waals surface area contributed by atoms with Gasteiger partial charge in [0.15, 0.2) is 0 Å². The monoisotopic (exact) mass is 529 g/mol. The molecule has 0 saturated carbocycles. The van der Waals surface area contributed by atoms with Gasteiger partial charge in [-0.25, -0.2) is 4.98 Å². The van der Waals surface area contributed by atoms with Gasteiger partial charge in [-0.3, -0.25) is 0 Å². The predicted octanol–water partition coefficient (Wildman–Crippen LogP) is 4.53. The molecule has 3 aliphatic heterocycles. The summed E-state index contributed by atoms with van der Waals surface area (Å²) < 4.78 is 8.66. The Kier molecular flexibility index (Phi) is 5.89. The third kappa shape index (κ3) is 4.16. The van der Waals surface area contributed by atoms with Crippen molar-refractivity contribution < 1.29 is 4.74 Å². The lowest BCUT2D eigenvalue weighted by Crippen LogP contribution is -2.43. The molecule has 38 heavy (non-hydrogen) atoms. The van der Waals surface area contributed by atoms with E-state index in [1.807, 2.05) is 24.7 Å². The maximum absolute atomic E-state index is 6.70. The number of benzene rings is 2. The average Bonchev–Trinajstić information content (AvgIpc) is 3.55. The Bertz CT molecular complexity index is 1500. The second-order valence-corrected chi connectivity index (χ2v) is 11.3. The van der Waals surface area contributed by atoms with E-state index >= 15 is 0 Å². The molecule has 1 saturated heterocycles. The number of ether oxygens (including phenoxy) is 1. The van der Waals surface area contributed by atoms with Crippen LogP contribution in [0.4, 0.5) is 11.5 Å². The number of nitrogens with zero attached hydrogens (tertiary/aromatic N) is 7. The number of halogens is 1. The Balaban J connectivity index is 1.28. The zero-order chi connectivity index (χ0) is 25.8. The highest BCUT2D eigenvalue weighted by atomic mass is 35.5. The number of likely N-dealkylation sites (tertiary alicyclic amines) is 1. The minimum absolute atomic E-state index is 0.114. The van der Waals surface area contributed by atoms with Gasteiger partial charge in [-0.1, -0.05) is 35.9 Å². The number of rotatable bonds is 4. The fraction of sp³-hybridized carbons (Fsp3) is 0.414. The summed E-state index contributed by atoms with van der Waals surface area (Å²) >= 11 is 6.70. The van der Waals surface area contributed by atoms with Crippen molar-refractivity contribution in [1.29, 1.82) is 0 Å². The zero-order valence-electron chi connectivity index (χ0n) is 21.8. The summed E-state index contributed by atoms with van der Waals surface area (Å²) in [6.07, 6.45) is 5.86. The quantitative estimate of drug-likeness (QED) is 0.385. The van der Waals surface area contributed by atoms with E-state index in [0.29, 0.717) is 12.6 Å². The van der Waals surface area contributed by atoms with Crippen molar-refractivity contribution in [2.24, 2.45) is 0 Å². The van der Waals surface area contributed by atoms with Gasteiger partial charge in [0.05, 0.1) is 35.8 Å². The number of likely N-dealkylation sites (N-methyl/N-ethyl adjacent to an activating group) is 1. The van der Waals surface area contributed by atoms with Gasteiger partial charge in [-0.05, 0) is 44.3 Å². The fourth-order valence-corrected chi connectivity index (χ4v) is 6.48. The molecule has 2 atom stereocenters. The Morgan fingerprint density at radius 2 is 1.89 bits per heavy atom. The van der Waals surface area contributed by atoms with Gasteiger partial charge in [0.1, 0.15) is 11.9 Å². The molecule has 5 heterocycles. The second-order valence-electron chi connectivity index (χ2n) is 10.8. The Labute approximate surface area is 227 Å². The van der Waals surface area contributed by atoms with Gasteiger partial charge in [0.25, 0.3) is 0 Å². The summed E-state index contributed by atoms with van der Waals surface area (Å²) in [5, 5.41) is 3.02. The molecule has 0 N–H and O–H groups in total. The highest BCUT2D eigenvalue weighted by Gasteiger charge is 2.32. The van der Waals surface area contributed by atoms with Crippen molar-refractivity contribution in [2.45, 2.75) is 51.5 Å². The number of hydrogen-bond donors (Lipinski definition) is 0. The molecule has 7 rings (SSSR count). The molecular formula is C29H32ClN7O. The van der Waals surface area contributed by atoms with Crippen LogP contribution < -0.4 is 14.5 Å². The van der Waals surface area contributed by atoms with E-state index in [1.165, 1.54) is 11.3 Å². The van der Waals surface area contributed by atoms with E-state index in [9.17, 15) is 0 Å². The van der Waals surface area contributed by atoms with E-state index in [-0.39, 0.29) is 12.1 Å². The molecule has 4 aromatic rings. The number of aromatic nitrogens is 4. The van der Waals surface area contributed by atoms with Gasteiger partial charge < -0.3 is 24.0 Å². The summed E-state index contributed by atoms with van der Waals surface area (Å²) in [5.74, 6) is 1.01. The van der Waals surface area contributed by atoms with Crippen molar-refractivity contribution in [2.75, 3.05) is 36.5 Å². The molecule has 2 aromatic heterocycles. The molecule has 196 valence electrons. The maximum atomic E-state index is 6.70. The van der Waals surface area contributed by atoms with Crippen LogP contribution in [0.2, 0.25) is 5.02 Å². The second kappa shape index (κ2) is 9.43. The maximum Gasteiger partial charge on any atom is 0.318 e. The van der Waals surface area contributed by atoms with Gasteiger partial charge in [-0.15, -0.1) is 0 Å². The van der Waals surface area contributed by atoms with Crippen molar-refractivity contribution in [3.8, 4) is 6.01 Å². The molecule has 0 spiro atoms. The molecule has 0 unspecified atom stereocenters. The van der Waals surface area contributed by atoms with E-state index in [1.54, 1.807) is 0 Å². The van der Waals surface area contributed by atoms with Gasteiger partial charge in [-0.2, -0.15) is 9.97 Å². The smallest absolute Gasteiger partial charge is 0.318 e. The molecule has 2 aromatic carbocycles. The summed E-state index contributed by atoms with van der Waals surface area (Å²) in [6.45, 7) is 7.42. The topological polar surface area (TPSA) is 62.6 Å². The summed E-state index contributed by atoms with van der Waals surface area (Å²) in [4.78, 5) is 21.6. The van der Waals surface area contributed by atoms with Crippen LogP contribution in [-0.4, -0.2) is 63.2 Å². The minimum Gasteiger partial charge on any atom is -0.459 e. The highest BCUT2D eigenvalue weighted by Crippen LogP contribution is 2.38. The van der Waals surface area contributed by atoms with Gasteiger partial charge in [0.2, 0.25) is 0 Å². The number of imidazole rings is 1. The van der Waals surface area contributed by atoms with Crippen molar-refractivity contribution in [3.63, 3.8) is 0 Å². The number of hydrogen-bond acceptors (Lipinski definition) is 7. The largest absolute Gasteiger partial charge is 0.459 e. The van der Waals surface area contributed by atoms with E-state index in [2.05, 4.69) is 62.5 Å². The Hall–Kier alpha value is -3.36. The van der Waals surface area contributed by atoms with E-state index in [0.717, 1.165) is 78.6 Å². The molecule has 0 aliphatic carbocycles. The van der Waals surface area contributed by atoms with E-state index in [4.69, 9.17) is 26.3 Å². The van der Waals surface area contributed by atoms with Crippen LogP contribution in [0, 0.1) is 0 Å². The lowest BCUT2D eigenvalue weighted by molar-refractivity contribution is 0.190. The molecule has 0 bridgehead atoms. The summed E-state index contributed by atoms with van der Waals surface area (Å²) in [5.41, 5.74) is 4.62. The Morgan fingerprint density at radius 1 is 1.03 bits per heavy atom. The molecule has 0 amide bonds. The summed E-state index contributed by atoms with van der Waals surface area (Å²) in [7, 11) is 2.13. The van der Waals surface area contributed by atoms with Crippen LogP contribution in [0.1, 0.15) is 30.3 Å². The first kappa shape index (κ1) is 23.7. The molecule has 9 heteroatoms. The molecule has 1 fully saturated rings. The first-order valence-corrected chi connectivity index (χ1v) is 13.8. The Morgan fingerprint density at radius 3 is 2.74 bits per heavy atom.